The summed E-state index contributed by atoms with van der Waals surface area (Å²) < 4.78 is 0. The molecule has 1 aliphatic carbocycles. The molecule has 1 fully saturated rings. The van der Waals surface area contributed by atoms with Crippen LogP contribution in [0, 0.1) is 18.8 Å². The van der Waals surface area contributed by atoms with Gasteiger partial charge in [-0.3, -0.25) is 4.79 Å². The second-order valence-electron chi connectivity index (χ2n) is 6.91. The smallest absolute Gasteiger partial charge is 0.226 e. The molecule has 0 spiro atoms. The van der Waals surface area contributed by atoms with Gasteiger partial charge in [-0.25, -0.2) is 0 Å². The predicted octanol–water partition coefficient (Wildman–Crippen LogP) is 3.54. The molecule has 2 aromatic carbocycles. The summed E-state index contributed by atoms with van der Waals surface area (Å²) in [6, 6.07) is 18.4. The summed E-state index contributed by atoms with van der Waals surface area (Å²) in [4.78, 5) is 14.8. The van der Waals surface area contributed by atoms with E-state index in [1.165, 1.54) is 5.56 Å². The zero-order chi connectivity index (χ0) is 17.1. The van der Waals surface area contributed by atoms with Crippen LogP contribution >= 0.6 is 0 Å². The number of carbonyl (C=O) groups is 1. The molecule has 0 saturated heterocycles. The number of aryl methyl sites for hydroxylation is 1. The number of amides is 1. The first kappa shape index (κ1) is 16.7. The van der Waals surface area contributed by atoms with Crippen LogP contribution in [0.5, 0.6) is 0 Å². The molecule has 1 N–H and O–H groups in total. The van der Waals surface area contributed by atoms with Gasteiger partial charge in [-0.15, -0.1) is 0 Å². The summed E-state index contributed by atoms with van der Waals surface area (Å²) in [5.41, 5.74) is 3.49. The van der Waals surface area contributed by atoms with Crippen molar-refractivity contribution in [1.82, 2.24) is 4.90 Å². The Morgan fingerprint density at radius 2 is 1.67 bits per heavy atom. The van der Waals surface area contributed by atoms with Gasteiger partial charge in [-0.1, -0.05) is 60.2 Å². The monoisotopic (exact) mass is 323 g/mol. The lowest BCUT2D eigenvalue weighted by Gasteiger charge is -2.24. The van der Waals surface area contributed by atoms with Crippen molar-refractivity contribution in [1.29, 1.82) is 0 Å². The van der Waals surface area contributed by atoms with Crippen molar-refractivity contribution in [3.05, 3.63) is 71.3 Å². The van der Waals surface area contributed by atoms with Crippen LogP contribution in [0.3, 0.4) is 0 Å². The van der Waals surface area contributed by atoms with Crippen molar-refractivity contribution in [2.24, 2.45) is 11.8 Å². The molecular weight excluding hydrogens is 298 g/mol. The van der Waals surface area contributed by atoms with Crippen LogP contribution in [0.25, 0.3) is 0 Å². The largest absolute Gasteiger partial charge is 0.393 e. The highest BCUT2D eigenvalue weighted by molar-refractivity contribution is 5.81. The SMILES string of the molecule is Cc1ccc(CN(Cc2ccccc2)C(=O)C2CC2C(C)O)cc1. The summed E-state index contributed by atoms with van der Waals surface area (Å²) >= 11 is 0. The molecule has 3 nitrogen and oxygen atoms in total. The molecule has 0 bridgehead atoms. The van der Waals surface area contributed by atoms with Crippen LogP contribution in [-0.4, -0.2) is 22.0 Å². The normalized spacial score (nSPS) is 20.5. The molecule has 3 unspecified atom stereocenters. The lowest BCUT2D eigenvalue weighted by atomic mass is 10.1. The van der Waals surface area contributed by atoms with Crippen molar-refractivity contribution in [3.8, 4) is 0 Å². The third-order valence-corrected chi connectivity index (χ3v) is 4.80. The van der Waals surface area contributed by atoms with E-state index in [2.05, 4.69) is 43.3 Å². The number of hydrogen-bond acceptors (Lipinski definition) is 2. The molecule has 24 heavy (non-hydrogen) atoms. The molecule has 0 radical (unpaired) electrons. The van der Waals surface area contributed by atoms with Gasteiger partial charge in [-0.05, 0) is 37.3 Å². The fourth-order valence-electron chi connectivity index (χ4n) is 3.20. The maximum Gasteiger partial charge on any atom is 0.226 e. The summed E-state index contributed by atoms with van der Waals surface area (Å²) in [5, 5.41) is 9.73. The maximum atomic E-state index is 12.9. The van der Waals surface area contributed by atoms with E-state index in [1.54, 1.807) is 6.92 Å². The van der Waals surface area contributed by atoms with E-state index in [-0.39, 0.29) is 17.7 Å². The van der Waals surface area contributed by atoms with E-state index in [0.717, 1.165) is 17.5 Å². The third-order valence-electron chi connectivity index (χ3n) is 4.80. The second-order valence-corrected chi connectivity index (χ2v) is 6.91. The third kappa shape index (κ3) is 4.04. The van der Waals surface area contributed by atoms with E-state index in [9.17, 15) is 9.90 Å². The highest BCUT2D eigenvalue weighted by atomic mass is 16.3. The number of rotatable bonds is 6. The number of nitrogens with zero attached hydrogens (tertiary/aromatic N) is 1. The number of aliphatic hydroxyl groups excluding tert-OH is 1. The van der Waals surface area contributed by atoms with Gasteiger partial charge in [0.05, 0.1) is 6.10 Å². The maximum absolute atomic E-state index is 12.9. The number of aliphatic hydroxyl groups is 1. The molecular formula is C21H25NO2. The molecule has 3 heteroatoms. The minimum absolute atomic E-state index is 0.0286. The molecule has 3 rings (SSSR count). The fourth-order valence-corrected chi connectivity index (χ4v) is 3.20. The first-order valence-electron chi connectivity index (χ1n) is 8.61. The van der Waals surface area contributed by atoms with Gasteiger partial charge in [0.25, 0.3) is 0 Å². The van der Waals surface area contributed by atoms with Crippen LogP contribution in [0.2, 0.25) is 0 Å². The predicted molar refractivity (Wildman–Crippen MR) is 95.2 cm³/mol. The van der Waals surface area contributed by atoms with Gasteiger partial charge in [0.1, 0.15) is 0 Å². The van der Waals surface area contributed by atoms with Crippen molar-refractivity contribution in [3.63, 3.8) is 0 Å². The Labute approximate surface area is 143 Å². The summed E-state index contributed by atoms with van der Waals surface area (Å²) in [5.74, 6) is 0.248. The summed E-state index contributed by atoms with van der Waals surface area (Å²) in [6.07, 6.45) is 0.396. The molecule has 0 aromatic heterocycles. The second kappa shape index (κ2) is 7.18. The van der Waals surface area contributed by atoms with Crippen molar-refractivity contribution < 1.29 is 9.90 Å². The van der Waals surface area contributed by atoms with Gasteiger partial charge >= 0.3 is 0 Å². The fraction of sp³-hybridized carbons (Fsp3) is 0.381. The van der Waals surface area contributed by atoms with Crippen LogP contribution in [0.4, 0.5) is 0 Å². The lowest BCUT2D eigenvalue weighted by Crippen LogP contribution is -2.32. The first-order chi connectivity index (χ1) is 11.5. The molecule has 2 aromatic rings. The Balaban J connectivity index is 1.75. The average Bonchev–Trinajstić information content (AvgIpc) is 3.37. The number of benzene rings is 2. The standard InChI is InChI=1S/C21H25NO2/c1-15-8-10-18(11-9-15)14-22(13-17-6-4-3-5-7-17)21(24)20-12-19(20)16(2)23/h3-11,16,19-20,23H,12-14H2,1-2H3. The van der Waals surface area contributed by atoms with Crippen LogP contribution in [0.15, 0.2) is 54.6 Å². The highest BCUT2D eigenvalue weighted by Crippen LogP contribution is 2.42. The summed E-state index contributed by atoms with van der Waals surface area (Å²) in [6.45, 7) is 5.06. The van der Waals surface area contributed by atoms with Crippen LogP contribution in [0.1, 0.15) is 30.0 Å². The molecule has 0 aliphatic heterocycles. The van der Waals surface area contributed by atoms with E-state index < -0.39 is 6.10 Å². The van der Waals surface area contributed by atoms with E-state index in [0.29, 0.717) is 13.1 Å². The minimum atomic E-state index is -0.406. The Morgan fingerprint density at radius 3 is 2.21 bits per heavy atom. The molecule has 1 amide bonds. The Morgan fingerprint density at radius 1 is 1.08 bits per heavy atom. The van der Waals surface area contributed by atoms with Crippen molar-refractivity contribution in [2.45, 2.75) is 39.5 Å². The number of hydrogen-bond donors (Lipinski definition) is 1. The average molecular weight is 323 g/mol. The Hall–Kier alpha value is -2.13. The van der Waals surface area contributed by atoms with Gasteiger partial charge in [0.15, 0.2) is 0 Å². The molecule has 126 valence electrons. The van der Waals surface area contributed by atoms with Gasteiger partial charge < -0.3 is 10.0 Å². The van der Waals surface area contributed by atoms with E-state index >= 15 is 0 Å². The van der Waals surface area contributed by atoms with Crippen LogP contribution < -0.4 is 0 Å². The molecule has 1 aliphatic rings. The van der Waals surface area contributed by atoms with Gasteiger partial charge in [0.2, 0.25) is 5.91 Å². The quantitative estimate of drug-likeness (QED) is 0.883. The highest BCUT2D eigenvalue weighted by Gasteiger charge is 2.47. The van der Waals surface area contributed by atoms with Crippen molar-refractivity contribution >= 4 is 5.91 Å². The van der Waals surface area contributed by atoms with Gasteiger partial charge in [0, 0.05) is 19.0 Å². The zero-order valence-electron chi connectivity index (χ0n) is 14.4. The Kier molecular flexibility index (Phi) is 5.00. The van der Waals surface area contributed by atoms with E-state index in [4.69, 9.17) is 0 Å². The zero-order valence-corrected chi connectivity index (χ0v) is 14.4. The number of carbonyl (C=O) groups excluding carboxylic acids is 1. The minimum Gasteiger partial charge on any atom is -0.393 e. The van der Waals surface area contributed by atoms with Crippen molar-refractivity contribution in [2.75, 3.05) is 0 Å². The molecule has 0 heterocycles. The van der Waals surface area contributed by atoms with Gasteiger partial charge in [-0.2, -0.15) is 0 Å². The van der Waals surface area contributed by atoms with Crippen LogP contribution in [-0.2, 0) is 17.9 Å². The molecule has 3 atom stereocenters. The topological polar surface area (TPSA) is 40.5 Å². The summed E-state index contributed by atoms with van der Waals surface area (Å²) in [7, 11) is 0. The van der Waals surface area contributed by atoms with E-state index in [1.807, 2.05) is 23.1 Å². The Bertz CT molecular complexity index is 679. The lowest BCUT2D eigenvalue weighted by molar-refractivity contribution is -0.134. The molecule has 1 saturated carbocycles. The first-order valence-corrected chi connectivity index (χ1v) is 8.61.